The van der Waals surface area contributed by atoms with E-state index in [-0.39, 0.29) is 49.2 Å². The van der Waals surface area contributed by atoms with Crippen LogP contribution in [0.15, 0.2) is 60.7 Å². The van der Waals surface area contributed by atoms with Gasteiger partial charge in [0.1, 0.15) is 0 Å². The van der Waals surface area contributed by atoms with Crippen molar-refractivity contribution in [2.45, 2.75) is 25.7 Å². The van der Waals surface area contributed by atoms with E-state index in [0.29, 0.717) is 25.7 Å². The minimum absolute atomic E-state index is 0. The summed E-state index contributed by atoms with van der Waals surface area (Å²) in [5.41, 5.74) is 0. The smallest absolute Gasteiger partial charge is 0.748 e. The average molecular weight is 530 g/mol. The summed E-state index contributed by atoms with van der Waals surface area (Å²) in [4.78, 5) is 0. The summed E-state index contributed by atoms with van der Waals surface area (Å²) in [6, 6.07) is 20.4. The van der Waals surface area contributed by atoms with E-state index in [1.165, 1.54) is 10.6 Å². The fraction of sp³-hybridized carbons (Fsp3) is 0.455. The van der Waals surface area contributed by atoms with E-state index in [2.05, 4.69) is 24.3 Å². The molecule has 34 heavy (non-hydrogen) atoms. The molecular formula is C22H30Li2O6P2S2. The zero-order valence-corrected chi connectivity index (χ0v) is 23.4. The van der Waals surface area contributed by atoms with Crippen LogP contribution in [0.2, 0.25) is 0 Å². The van der Waals surface area contributed by atoms with Gasteiger partial charge in [-0.2, -0.15) is 0 Å². The zero-order chi connectivity index (χ0) is 23.5. The molecule has 0 saturated carbocycles. The van der Waals surface area contributed by atoms with Crippen molar-refractivity contribution in [1.29, 1.82) is 0 Å². The molecule has 0 aliphatic carbocycles. The Morgan fingerprint density at radius 3 is 1.15 bits per heavy atom. The van der Waals surface area contributed by atoms with Gasteiger partial charge in [-0.05, 0) is 60.9 Å². The summed E-state index contributed by atoms with van der Waals surface area (Å²) in [5.74, 6) is -0.630. The number of rotatable bonds is 15. The predicted molar refractivity (Wildman–Crippen MR) is 133 cm³/mol. The minimum Gasteiger partial charge on any atom is -0.748 e. The van der Waals surface area contributed by atoms with Crippen LogP contribution < -0.4 is 48.3 Å². The van der Waals surface area contributed by atoms with Crippen LogP contribution >= 0.6 is 15.8 Å². The Bertz CT molecular complexity index is 927. The summed E-state index contributed by atoms with van der Waals surface area (Å²) in [5, 5.41) is 2.54. The van der Waals surface area contributed by atoms with Gasteiger partial charge in [0, 0.05) is 11.5 Å². The van der Waals surface area contributed by atoms with E-state index in [1.54, 1.807) is 0 Å². The Morgan fingerprint density at radius 2 is 0.853 bits per heavy atom. The van der Waals surface area contributed by atoms with Crippen LogP contribution in [0, 0.1) is 0 Å². The van der Waals surface area contributed by atoms with Crippen LogP contribution in [0.25, 0.3) is 0 Å². The number of hydrogen-bond acceptors (Lipinski definition) is 6. The predicted octanol–water partition coefficient (Wildman–Crippen LogP) is -2.74. The van der Waals surface area contributed by atoms with E-state index < -0.39 is 36.1 Å². The van der Waals surface area contributed by atoms with Gasteiger partial charge in [0.15, 0.2) is 0 Å². The third-order valence-electron chi connectivity index (χ3n) is 5.03. The molecule has 0 amide bonds. The minimum atomic E-state index is -4.18. The van der Waals surface area contributed by atoms with Crippen molar-refractivity contribution in [2.24, 2.45) is 0 Å². The van der Waals surface area contributed by atoms with Gasteiger partial charge < -0.3 is 9.11 Å². The average Bonchev–Trinajstić information content (AvgIpc) is 2.74. The molecule has 0 aliphatic rings. The van der Waals surface area contributed by atoms with Crippen LogP contribution in [0.3, 0.4) is 0 Å². The summed E-state index contributed by atoms with van der Waals surface area (Å²) in [6.07, 6.45) is 5.90. The molecule has 0 N–H and O–H groups in total. The summed E-state index contributed by atoms with van der Waals surface area (Å²) in [7, 11) is -9.33. The Morgan fingerprint density at radius 1 is 0.529 bits per heavy atom. The summed E-state index contributed by atoms with van der Waals surface area (Å²) < 4.78 is 65.4. The Balaban J connectivity index is 0.00000544. The third-order valence-corrected chi connectivity index (χ3v) is 12.3. The van der Waals surface area contributed by atoms with Gasteiger partial charge in [-0.15, -0.1) is 0 Å². The molecule has 0 radical (unpaired) electrons. The summed E-state index contributed by atoms with van der Waals surface area (Å²) >= 11 is 0. The molecule has 2 rings (SSSR count). The maximum atomic E-state index is 10.9. The maximum Gasteiger partial charge on any atom is 1.00 e. The van der Waals surface area contributed by atoms with E-state index in [1.807, 2.05) is 36.4 Å². The molecule has 12 heteroatoms. The van der Waals surface area contributed by atoms with Gasteiger partial charge in [0.05, 0.1) is 20.2 Å². The molecule has 2 aromatic rings. The monoisotopic (exact) mass is 530 g/mol. The SMILES string of the molecule is O=S(=O)([O-])CCCCP(CCP(CCCCS(=O)(=O)[O-])c1ccccc1)c1ccccc1.[Li+].[Li+]. The fourth-order valence-electron chi connectivity index (χ4n) is 3.42. The third kappa shape index (κ3) is 15.4. The molecular weight excluding hydrogens is 500 g/mol. The van der Waals surface area contributed by atoms with Crippen LogP contribution in [0.1, 0.15) is 25.7 Å². The van der Waals surface area contributed by atoms with Crippen molar-refractivity contribution in [1.82, 2.24) is 0 Å². The first-order chi connectivity index (χ1) is 15.1. The molecule has 0 saturated heterocycles. The van der Waals surface area contributed by atoms with Gasteiger partial charge in [-0.3, -0.25) is 0 Å². The summed E-state index contributed by atoms with van der Waals surface area (Å²) in [6.45, 7) is 0. The van der Waals surface area contributed by atoms with Gasteiger partial charge in [-0.25, -0.2) is 16.8 Å². The van der Waals surface area contributed by atoms with E-state index in [9.17, 15) is 25.9 Å². The van der Waals surface area contributed by atoms with Crippen LogP contribution in [0.4, 0.5) is 0 Å². The number of benzene rings is 2. The quantitative estimate of drug-likeness (QED) is 0.107. The second kappa shape index (κ2) is 17.7. The van der Waals surface area contributed by atoms with Crippen LogP contribution in [-0.4, -0.2) is 62.1 Å². The topological polar surface area (TPSA) is 114 Å². The Labute approximate surface area is 231 Å². The molecule has 2 unspecified atom stereocenters. The Kier molecular flexibility index (Phi) is 17.9. The van der Waals surface area contributed by atoms with E-state index >= 15 is 0 Å². The van der Waals surface area contributed by atoms with Gasteiger partial charge in [-0.1, -0.05) is 76.5 Å². The molecule has 6 nitrogen and oxygen atoms in total. The first-order valence-corrected chi connectivity index (χ1v) is 17.2. The largest absolute Gasteiger partial charge is 1.00 e. The molecule has 178 valence electrons. The van der Waals surface area contributed by atoms with Crippen molar-refractivity contribution in [2.75, 3.05) is 36.2 Å². The number of unbranched alkanes of at least 4 members (excludes halogenated alkanes) is 2. The van der Waals surface area contributed by atoms with Crippen LogP contribution in [-0.2, 0) is 20.2 Å². The van der Waals surface area contributed by atoms with Crippen molar-refractivity contribution in [3.8, 4) is 0 Å². The van der Waals surface area contributed by atoms with Crippen molar-refractivity contribution in [3.63, 3.8) is 0 Å². The molecule has 0 aliphatic heterocycles. The van der Waals surface area contributed by atoms with E-state index in [4.69, 9.17) is 0 Å². The second-order valence-corrected chi connectivity index (χ2v) is 15.6. The standard InChI is InChI=1S/C22H32O6P2S2.2Li/c23-31(24,25)19-9-7-15-29(21-11-3-1-4-12-21)17-18-30(22-13-5-2-6-14-22)16-8-10-20-32(26,27)28;;/h1-6,11-14H,7-10,15-20H2,(H,23,24,25)(H,26,27,28);;/q;2*+1/p-2. The van der Waals surface area contributed by atoms with Crippen molar-refractivity contribution >= 4 is 46.7 Å². The van der Waals surface area contributed by atoms with Gasteiger partial charge >= 0.3 is 37.7 Å². The number of hydrogen-bond donors (Lipinski definition) is 0. The molecule has 0 bridgehead atoms. The Hall–Kier alpha value is 0.315. The first kappa shape index (κ1) is 34.3. The fourth-order valence-corrected chi connectivity index (χ4v) is 10.3. The molecule has 2 atom stereocenters. The molecule has 0 heterocycles. The van der Waals surface area contributed by atoms with E-state index in [0.717, 1.165) is 24.6 Å². The second-order valence-electron chi connectivity index (χ2n) is 7.58. The molecule has 0 fully saturated rings. The zero-order valence-electron chi connectivity index (χ0n) is 20.0. The van der Waals surface area contributed by atoms with Gasteiger partial charge in [0.2, 0.25) is 0 Å². The molecule has 2 aromatic carbocycles. The van der Waals surface area contributed by atoms with Crippen molar-refractivity contribution < 1.29 is 63.7 Å². The first-order valence-electron chi connectivity index (χ1n) is 10.6. The maximum absolute atomic E-state index is 10.9. The van der Waals surface area contributed by atoms with Crippen molar-refractivity contribution in [3.05, 3.63) is 60.7 Å². The van der Waals surface area contributed by atoms with Gasteiger partial charge in [0.25, 0.3) is 0 Å². The van der Waals surface area contributed by atoms with Crippen LogP contribution in [0.5, 0.6) is 0 Å². The molecule has 0 aromatic heterocycles. The molecule has 0 spiro atoms. The normalized spacial score (nSPS) is 13.4.